The molecule has 1 fully saturated rings. The van der Waals surface area contributed by atoms with Crippen molar-refractivity contribution < 1.29 is 4.79 Å². The van der Waals surface area contributed by atoms with Gasteiger partial charge in [0, 0.05) is 11.3 Å². The Bertz CT molecular complexity index is 214. The molecule has 0 spiro atoms. The van der Waals surface area contributed by atoms with Crippen molar-refractivity contribution in [3.63, 3.8) is 0 Å². The van der Waals surface area contributed by atoms with Gasteiger partial charge in [0.15, 0.2) is 0 Å². The van der Waals surface area contributed by atoms with Crippen LogP contribution in [0.3, 0.4) is 0 Å². The predicted molar refractivity (Wildman–Crippen MR) is 59.5 cm³/mol. The number of carbonyl (C=O) groups is 1. The lowest BCUT2D eigenvalue weighted by molar-refractivity contribution is -0.130. The van der Waals surface area contributed by atoms with Crippen LogP contribution in [0.1, 0.15) is 46.5 Å². The minimum atomic E-state index is -0.318. The Morgan fingerprint density at radius 3 is 2.21 bits per heavy atom. The number of hydrogen-bond donors (Lipinski definition) is 1. The lowest BCUT2D eigenvalue weighted by Gasteiger charge is -2.31. The molecule has 1 aliphatic rings. The third-order valence-electron chi connectivity index (χ3n) is 2.88. The normalized spacial score (nSPS) is 20.9. The average molecular weight is 218 g/mol. The third-order valence-corrected chi connectivity index (χ3v) is 3.39. The summed E-state index contributed by atoms with van der Waals surface area (Å²) >= 11 is 5.94. The molecule has 0 heterocycles. The highest BCUT2D eigenvalue weighted by Crippen LogP contribution is 2.31. The number of rotatable bonds is 2. The van der Waals surface area contributed by atoms with Crippen molar-refractivity contribution in [1.29, 1.82) is 0 Å². The lowest BCUT2D eigenvalue weighted by atomic mass is 9.92. The number of amides is 1. The summed E-state index contributed by atoms with van der Waals surface area (Å²) in [6.45, 7) is 5.79. The van der Waals surface area contributed by atoms with Crippen LogP contribution in [0.4, 0.5) is 0 Å². The Labute approximate surface area is 91.4 Å². The summed E-state index contributed by atoms with van der Waals surface area (Å²) in [5.74, 6) is 0.648. The van der Waals surface area contributed by atoms with Crippen molar-refractivity contribution >= 4 is 17.5 Å². The first-order chi connectivity index (χ1) is 6.40. The van der Waals surface area contributed by atoms with E-state index in [0.29, 0.717) is 5.88 Å². The summed E-state index contributed by atoms with van der Waals surface area (Å²) < 4.78 is 0. The minimum Gasteiger partial charge on any atom is -0.349 e. The van der Waals surface area contributed by atoms with Crippen molar-refractivity contribution in [1.82, 2.24) is 5.32 Å². The molecule has 0 aromatic rings. The van der Waals surface area contributed by atoms with E-state index in [2.05, 4.69) is 5.32 Å². The van der Waals surface area contributed by atoms with E-state index in [1.165, 1.54) is 12.8 Å². The van der Waals surface area contributed by atoms with Gasteiger partial charge in [-0.15, -0.1) is 11.6 Å². The molecule has 1 N–H and O–H groups in total. The quantitative estimate of drug-likeness (QED) is 0.709. The van der Waals surface area contributed by atoms with Gasteiger partial charge < -0.3 is 5.32 Å². The minimum absolute atomic E-state index is 0.111. The molecule has 1 rings (SSSR count). The standard InChI is InChI=1S/C11H20ClNO/c1-10(2,3)9(14)13-11(8-12)6-4-5-7-11/h4-8H2,1-3H3,(H,13,14). The van der Waals surface area contributed by atoms with Crippen molar-refractivity contribution in [2.75, 3.05) is 5.88 Å². The summed E-state index contributed by atoms with van der Waals surface area (Å²) in [5.41, 5.74) is -0.437. The average Bonchev–Trinajstić information content (AvgIpc) is 2.52. The fourth-order valence-electron chi connectivity index (χ4n) is 1.77. The SMILES string of the molecule is CC(C)(C)C(=O)NC1(CCl)CCCC1. The van der Waals surface area contributed by atoms with E-state index in [1.807, 2.05) is 20.8 Å². The smallest absolute Gasteiger partial charge is 0.225 e. The number of carbonyl (C=O) groups excluding carboxylic acids is 1. The molecule has 2 nitrogen and oxygen atoms in total. The first kappa shape index (κ1) is 11.8. The van der Waals surface area contributed by atoms with Crippen LogP contribution in [0, 0.1) is 5.41 Å². The highest BCUT2D eigenvalue weighted by atomic mass is 35.5. The molecule has 14 heavy (non-hydrogen) atoms. The Balaban J connectivity index is 2.61. The number of halogens is 1. The molecule has 0 bridgehead atoms. The summed E-state index contributed by atoms with van der Waals surface area (Å²) in [6.07, 6.45) is 4.41. The molecule has 82 valence electrons. The summed E-state index contributed by atoms with van der Waals surface area (Å²) in [6, 6.07) is 0. The Hall–Kier alpha value is -0.240. The van der Waals surface area contributed by atoms with Gasteiger partial charge in [-0.3, -0.25) is 4.79 Å². The second-order valence-corrected chi connectivity index (χ2v) is 5.59. The maximum absolute atomic E-state index is 11.8. The van der Waals surface area contributed by atoms with Crippen LogP contribution in [0.5, 0.6) is 0 Å². The maximum atomic E-state index is 11.8. The zero-order valence-corrected chi connectivity index (χ0v) is 10.1. The molecule has 0 atom stereocenters. The van der Waals surface area contributed by atoms with E-state index in [0.717, 1.165) is 12.8 Å². The second kappa shape index (κ2) is 4.09. The zero-order chi connectivity index (χ0) is 10.8. The Morgan fingerprint density at radius 2 is 1.86 bits per heavy atom. The molecular formula is C11H20ClNO. The van der Waals surface area contributed by atoms with E-state index in [4.69, 9.17) is 11.6 Å². The summed E-state index contributed by atoms with van der Waals surface area (Å²) in [7, 11) is 0. The monoisotopic (exact) mass is 217 g/mol. The van der Waals surface area contributed by atoms with E-state index in [9.17, 15) is 4.79 Å². The third kappa shape index (κ3) is 2.63. The van der Waals surface area contributed by atoms with Crippen LogP contribution in [0.15, 0.2) is 0 Å². The van der Waals surface area contributed by atoms with Gasteiger partial charge in [-0.1, -0.05) is 33.6 Å². The van der Waals surface area contributed by atoms with E-state index in [-0.39, 0.29) is 16.9 Å². The van der Waals surface area contributed by atoms with Crippen LogP contribution in [0.2, 0.25) is 0 Å². The molecule has 0 unspecified atom stereocenters. The Morgan fingerprint density at radius 1 is 1.36 bits per heavy atom. The van der Waals surface area contributed by atoms with Crippen LogP contribution in [0.25, 0.3) is 0 Å². The van der Waals surface area contributed by atoms with Crippen molar-refractivity contribution in [2.45, 2.75) is 52.0 Å². The van der Waals surface area contributed by atoms with Gasteiger partial charge in [-0.2, -0.15) is 0 Å². The molecular weight excluding hydrogens is 198 g/mol. The van der Waals surface area contributed by atoms with Crippen molar-refractivity contribution in [3.05, 3.63) is 0 Å². The zero-order valence-electron chi connectivity index (χ0n) is 9.32. The summed E-state index contributed by atoms with van der Waals surface area (Å²) in [5, 5.41) is 3.11. The van der Waals surface area contributed by atoms with Gasteiger partial charge in [0.1, 0.15) is 0 Å². The molecule has 1 amide bonds. The number of hydrogen-bond acceptors (Lipinski definition) is 1. The van der Waals surface area contributed by atoms with Gasteiger partial charge in [-0.05, 0) is 12.8 Å². The lowest BCUT2D eigenvalue weighted by Crippen LogP contribution is -2.51. The first-order valence-electron chi connectivity index (χ1n) is 5.28. The molecule has 1 aliphatic carbocycles. The largest absolute Gasteiger partial charge is 0.349 e. The molecule has 0 radical (unpaired) electrons. The van der Waals surface area contributed by atoms with Gasteiger partial charge >= 0.3 is 0 Å². The Kier molecular flexibility index (Phi) is 3.46. The molecule has 0 aromatic carbocycles. The number of nitrogens with one attached hydrogen (secondary N) is 1. The van der Waals surface area contributed by atoms with E-state index < -0.39 is 0 Å². The van der Waals surface area contributed by atoms with Gasteiger partial charge in [0.2, 0.25) is 5.91 Å². The highest BCUT2D eigenvalue weighted by molar-refractivity contribution is 6.18. The van der Waals surface area contributed by atoms with Crippen LogP contribution in [-0.2, 0) is 4.79 Å². The molecule has 0 saturated heterocycles. The highest BCUT2D eigenvalue weighted by Gasteiger charge is 2.36. The van der Waals surface area contributed by atoms with Crippen molar-refractivity contribution in [2.24, 2.45) is 5.41 Å². The van der Waals surface area contributed by atoms with Crippen LogP contribution >= 0.6 is 11.6 Å². The van der Waals surface area contributed by atoms with Gasteiger partial charge in [0.05, 0.1) is 5.54 Å². The summed E-state index contributed by atoms with van der Waals surface area (Å²) in [4.78, 5) is 11.8. The van der Waals surface area contributed by atoms with Gasteiger partial charge in [0.25, 0.3) is 0 Å². The maximum Gasteiger partial charge on any atom is 0.225 e. The number of alkyl halides is 1. The molecule has 3 heteroatoms. The van der Waals surface area contributed by atoms with Gasteiger partial charge in [-0.25, -0.2) is 0 Å². The molecule has 0 aromatic heterocycles. The molecule has 0 aliphatic heterocycles. The topological polar surface area (TPSA) is 29.1 Å². The first-order valence-corrected chi connectivity index (χ1v) is 5.82. The van der Waals surface area contributed by atoms with Crippen LogP contribution in [-0.4, -0.2) is 17.3 Å². The molecule has 1 saturated carbocycles. The predicted octanol–water partition coefficient (Wildman–Crippen LogP) is 2.70. The van der Waals surface area contributed by atoms with Crippen molar-refractivity contribution in [3.8, 4) is 0 Å². The fraction of sp³-hybridized carbons (Fsp3) is 0.909. The van der Waals surface area contributed by atoms with E-state index >= 15 is 0 Å². The second-order valence-electron chi connectivity index (χ2n) is 5.33. The van der Waals surface area contributed by atoms with E-state index in [1.54, 1.807) is 0 Å². The van der Waals surface area contributed by atoms with Crippen LogP contribution < -0.4 is 5.32 Å². The fourth-order valence-corrected chi connectivity index (χ4v) is 2.11.